The van der Waals surface area contributed by atoms with E-state index in [1.807, 2.05) is 41.1 Å². The van der Waals surface area contributed by atoms with Crippen molar-refractivity contribution in [3.8, 4) is 10.6 Å². The molecule has 1 aliphatic heterocycles. The summed E-state index contributed by atoms with van der Waals surface area (Å²) in [5.41, 5.74) is 3.94. The van der Waals surface area contributed by atoms with Crippen LogP contribution in [-0.4, -0.2) is 36.4 Å². The molecule has 3 heterocycles. The minimum Gasteiger partial charge on any atom is -0.360 e. The van der Waals surface area contributed by atoms with Gasteiger partial charge in [-0.25, -0.2) is 4.98 Å². The zero-order valence-electron chi connectivity index (χ0n) is 15.2. The molecular formula is C20H20N4O2S2. The molecule has 144 valence electrons. The molecule has 0 unspecified atom stereocenters. The maximum atomic E-state index is 12.2. The highest BCUT2D eigenvalue weighted by atomic mass is 32.1. The molecule has 2 aromatic heterocycles. The van der Waals surface area contributed by atoms with E-state index in [2.05, 4.69) is 25.9 Å². The number of thiazole rings is 1. The van der Waals surface area contributed by atoms with E-state index in [1.54, 1.807) is 22.7 Å². The average Bonchev–Trinajstić information content (AvgIpc) is 3.39. The van der Waals surface area contributed by atoms with Crippen LogP contribution in [0.4, 0.5) is 5.69 Å². The third-order valence-corrected chi connectivity index (χ3v) is 6.11. The summed E-state index contributed by atoms with van der Waals surface area (Å²) < 4.78 is 0. The molecule has 1 saturated heterocycles. The van der Waals surface area contributed by atoms with Gasteiger partial charge in [0.1, 0.15) is 5.01 Å². The number of aromatic nitrogens is 1. The number of thiophene rings is 1. The number of anilines is 1. The number of amides is 2. The minimum absolute atomic E-state index is 0.0426. The molecule has 0 bridgehead atoms. The van der Waals surface area contributed by atoms with Gasteiger partial charge in [-0.15, -0.1) is 11.3 Å². The Labute approximate surface area is 171 Å². The highest BCUT2D eigenvalue weighted by Gasteiger charge is 2.16. The van der Waals surface area contributed by atoms with Crippen LogP contribution in [0, 0.1) is 0 Å². The molecule has 6 nitrogen and oxygen atoms in total. The van der Waals surface area contributed by atoms with Gasteiger partial charge in [0.2, 0.25) is 11.8 Å². The Morgan fingerprint density at radius 1 is 1.21 bits per heavy atom. The summed E-state index contributed by atoms with van der Waals surface area (Å²) in [5, 5.41) is 12.7. The number of piperazine rings is 1. The number of nitrogens with one attached hydrogen (secondary N) is 2. The van der Waals surface area contributed by atoms with Gasteiger partial charge < -0.3 is 15.5 Å². The van der Waals surface area contributed by atoms with Crippen LogP contribution in [0.15, 0.2) is 46.5 Å². The van der Waals surface area contributed by atoms with Crippen molar-refractivity contribution in [1.82, 2.24) is 15.6 Å². The number of hydrogen-bond donors (Lipinski definition) is 2. The lowest BCUT2D eigenvalue weighted by atomic mass is 10.1. The second-order valence-electron chi connectivity index (χ2n) is 6.55. The van der Waals surface area contributed by atoms with Crippen molar-refractivity contribution >= 4 is 40.2 Å². The van der Waals surface area contributed by atoms with Crippen molar-refractivity contribution in [2.75, 3.05) is 24.5 Å². The number of rotatable bonds is 6. The third kappa shape index (κ3) is 4.58. The molecule has 0 spiro atoms. The van der Waals surface area contributed by atoms with Gasteiger partial charge in [0, 0.05) is 41.6 Å². The minimum atomic E-state index is -0.0426. The van der Waals surface area contributed by atoms with Crippen molar-refractivity contribution in [2.45, 2.75) is 13.0 Å². The molecule has 0 radical (unpaired) electrons. The van der Waals surface area contributed by atoms with Crippen LogP contribution < -0.4 is 15.5 Å². The van der Waals surface area contributed by atoms with Crippen LogP contribution in [0.2, 0.25) is 0 Å². The number of benzene rings is 1. The van der Waals surface area contributed by atoms with Crippen molar-refractivity contribution in [3.05, 3.63) is 57.7 Å². The summed E-state index contributed by atoms with van der Waals surface area (Å²) in [6, 6.07) is 9.99. The zero-order chi connectivity index (χ0) is 19.3. The fraction of sp³-hybridized carbons (Fsp3) is 0.250. The van der Waals surface area contributed by atoms with Gasteiger partial charge in [-0.05, 0) is 29.1 Å². The summed E-state index contributed by atoms with van der Waals surface area (Å²) in [6.07, 6.45) is 0.279. The summed E-state index contributed by atoms with van der Waals surface area (Å²) in [4.78, 5) is 30.3. The Balaban J connectivity index is 1.28. The van der Waals surface area contributed by atoms with Crippen molar-refractivity contribution in [1.29, 1.82) is 0 Å². The van der Waals surface area contributed by atoms with E-state index in [9.17, 15) is 9.59 Å². The number of nitrogens with zero attached hydrogens (tertiary/aromatic N) is 2. The molecule has 1 aromatic carbocycles. The van der Waals surface area contributed by atoms with Crippen molar-refractivity contribution in [2.24, 2.45) is 0 Å². The summed E-state index contributed by atoms with van der Waals surface area (Å²) in [6.45, 7) is 2.34. The Morgan fingerprint density at radius 2 is 2.07 bits per heavy atom. The first-order chi connectivity index (χ1) is 13.7. The molecule has 1 aliphatic rings. The summed E-state index contributed by atoms with van der Waals surface area (Å²) >= 11 is 3.20. The third-order valence-electron chi connectivity index (χ3n) is 4.49. The van der Waals surface area contributed by atoms with Crippen molar-refractivity contribution in [3.63, 3.8) is 0 Å². The van der Waals surface area contributed by atoms with E-state index in [0.717, 1.165) is 34.1 Å². The molecule has 4 rings (SSSR count). The monoisotopic (exact) mass is 412 g/mol. The van der Waals surface area contributed by atoms with Gasteiger partial charge in [0.25, 0.3) is 0 Å². The second kappa shape index (κ2) is 8.53. The van der Waals surface area contributed by atoms with Crippen LogP contribution in [0.1, 0.15) is 11.3 Å². The molecule has 8 heteroatoms. The van der Waals surface area contributed by atoms with Crippen LogP contribution in [0.5, 0.6) is 0 Å². The number of carbonyl (C=O) groups is 2. The molecule has 0 aliphatic carbocycles. The van der Waals surface area contributed by atoms with Crippen LogP contribution >= 0.6 is 22.7 Å². The van der Waals surface area contributed by atoms with E-state index in [4.69, 9.17) is 0 Å². The number of hydrogen-bond acceptors (Lipinski definition) is 6. The lowest BCUT2D eigenvalue weighted by molar-refractivity contribution is -0.121. The van der Waals surface area contributed by atoms with Crippen molar-refractivity contribution < 1.29 is 9.59 Å². The first-order valence-electron chi connectivity index (χ1n) is 9.01. The topological polar surface area (TPSA) is 74.3 Å². The fourth-order valence-corrected chi connectivity index (χ4v) is 4.55. The maximum Gasteiger partial charge on any atom is 0.239 e. The number of carbonyl (C=O) groups excluding carboxylic acids is 2. The van der Waals surface area contributed by atoms with E-state index >= 15 is 0 Å². The Morgan fingerprint density at radius 3 is 2.82 bits per heavy atom. The second-order valence-corrected chi connectivity index (χ2v) is 8.19. The predicted octanol–water partition coefficient (Wildman–Crippen LogP) is 2.67. The quantitative estimate of drug-likeness (QED) is 0.653. The Bertz CT molecular complexity index is 951. The van der Waals surface area contributed by atoms with Gasteiger partial charge in [0.05, 0.1) is 18.7 Å². The Kier molecular flexibility index (Phi) is 5.68. The van der Waals surface area contributed by atoms with Gasteiger partial charge in [-0.2, -0.15) is 11.3 Å². The summed E-state index contributed by atoms with van der Waals surface area (Å²) in [7, 11) is 0. The molecule has 2 N–H and O–H groups in total. The van der Waals surface area contributed by atoms with Gasteiger partial charge >= 0.3 is 0 Å². The molecule has 2 amide bonds. The lowest BCUT2D eigenvalue weighted by Crippen LogP contribution is -2.47. The SMILES string of the molecule is O=C(Cc1csc(-c2ccsc2)n1)NCc1ccc(N2CCNC(=O)C2)cc1. The predicted molar refractivity (Wildman–Crippen MR) is 113 cm³/mol. The normalized spacial score (nSPS) is 14.0. The largest absolute Gasteiger partial charge is 0.360 e. The molecular weight excluding hydrogens is 392 g/mol. The molecule has 1 fully saturated rings. The van der Waals surface area contributed by atoms with Crippen LogP contribution in [-0.2, 0) is 22.6 Å². The first-order valence-corrected chi connectivity index (χ1v) is 10.8. The highest BCUT2D eigenvalue weighted by molar-refractivity contribution is 7.14. The summed E-state index contributed by atoms with van der Waals surface area (Å²) in [5.74, 6) is 0.00531. The van der Waals surface area contributed by atoms with Gasteiger partial charge in [-0.1, -0.05) is 12.1 Å². The zero-order valence-corrected chi connectivity index (χ0v) is 16.8. The molecule has 0 atom stereocenters. The standard InChI is InChI=1S/C20H20N4O2S2/c25-18(9-16-13-28-20(23-16)15-5-8-27-12-15)22-10-14-1-3-17(4-2-14)24-7-6-21-19(26)11-24/h1-5,8,12-13H,6-7,9-11H2,(H,21,26)(H,22,25). The van der Waals surface area contributed by atoms with E-state index < -0.39 is 0 Å². The van der Waals surface area contributed by atoms with Gasteiger partial charge in [-0.3, -0.25) is 9.59 Å². The van der Waals surface area contributed by atoms with Gasteiger partial charge in [0.15, 0.2) is 0 Å². The maximum absolute atomic E-state index is 12.2. The Hall–Kier alpha value is -2.71. The van der Waals surface area contributed by atoms with Crippen LogP contribution in [0.25, 0.3) is 10.6 Å². The molecule has 3 aromatic rings. The van der Waals surface area contributed by atoms with E-state index in [-0.39, 0.29) is 18.2 Å². The fourth-order valence-electron chi connectivity index (χ4n) is 3.02. The average molecular weight is 413 g/mol. The lowest BCUT2D eigenvalue weighted by Gasteiger charge is -2.28. The molecule has 0 saturated carbocycles. The smallest absolute Gasteiger partial charge is 0.239 e. The first kappa shape index (κ1) is 18.6. The van der Waals surface area contributed by atoms with E-state index in [1.165, 1.54) is 0 Å². The van der Waals surface area contributed by atoms with E-state index in [0.29, 0.717) is 19.6 Å². The van der Waals surface area contributed by atoms with Crippen LogP contribution in [0.3, 0.4) is 0 Å². The molecule has 28 heavy (non-hydrogen) atoms. The highest BCUT2D eigenvalue weighted by Crippen LogP contribution is 2.25.